The van der Waals surface area contributed by atoms with Gasteiger partial charge >= 0.3 is 0 Å². The molecule has 0 aliphatic carbocycles. The largest absolute Gasteiger partial charge is 0.378 e. The molecule has 3 rings (SSSR count). The number of aryl methyl sites for hydroxylation is 1. The second kappa shape index (κ2) is 8.77. The van der Waals surface area contributed by atoms with Gasteiger partial charge in [0.2, 0.25) is 0 Å². The van der Waals surface area contributed by atoms with Crippen molar-refractivity contribution in [1.82, 2.24) is 0 Å². The molecule has 0 atom stereocenters. The first-order chi connectivity index (χ1) is 14.7. The molecule has 0 saturated heterocycles. The molecule has 0 aliphatic rings. The van der Waals surface area contributed by atoms with Gasteiger partial charge in [-0.1, -0.05) is 49.1 Å². The number of rotatable bonds is 6. The third-order valence-corrected chi connectivity index (χ3v) is 6.14. The molecule has 0 amide bonds. The summed E-state index contributed by atoms with van der Waals surface area (Å²) in [6.45, 7) is 16.6. The standard InChI is InChI=1S/C29H31NO/c1-9-26-19(3)20(4)28(29(31)24-14-16-25(17-15-24)30(7)8)22(6)27(26)21(5)23-12-10-18(2)11-13-23/h9-17H,1,5H2,2-4,6-8H3. The maximum absolute atomic E-state index is 13.6. The quantitative estimate of drug-likeness (QED) is 0.412. The van der Waals surface area contributed by atoms with Gasteiger partial charge in [-0.3, -0.25) is 4.79 Å². The highest BCUT2D eigenvalue weighted by atomic mass is 16.1. The van der Waals surface area contributed by atoms with Gasteiger partial charge in [0.1, 0.15) is 0 Å². The Balaban J connectivity index is 2.20. The summed E-state index contributed by atoms with van der Waals surface area (Å²) in [5.74, 6) is 0.0389. The number of nitrogens with zero attached hydrogens (tertiary/aromatic N) is 1. The zero-order valence-electron chi connectivity index (χ0n) is 19.5. The normalized spacial score (nSPS) is 10.6. The lowest BCUT2D eigenvalue weighted by atomic mass is 9.81. The molecule has 3 aromatic rings. The van der Waals surface area contributed by atoms with Crippen LogP contribution < -0.4 is 4.90 Å². The van der Waals surface area contributed by atoms with Crippen LogP contribution in [0, 0.1) is 27.7 Å². The first kappa shape index (κ1) is 22.3. The van der Waals surface area contributed by atoms with E-state index in [4.69, 9.17) is 0 Å². The first-order valence-corrected chi connectivity index (χ1v) is 10.5. The van der Waals surface area contributed by atoms with Crippen LogP contribution in [0.2, 0.25) is 0 Å². The molecule has 0 N–H and O–H groups in total. The molecular weight excluding hydrogens is 378 g/mol. The van der Waals surface area contributed by atoms with Gasteiger partial charge in [-0.2, -0.15) is 0 Å². The lowest BCUT2D eigenvalue weighted by Crippen LogP contribution is -2.13. The monoisotopic (exact) mass is 409 g/mol. The highest BCUT2D eigenvalue weighted by Crippen LogP contribution is 2.36. The molecule has 2 heteroatoms. The maximum atomic E-state index is 13.6. The molecule has 31 heavy (non-hydrogen) atoms. The topological polar surface area (TPSA) is 20.3 Å². The minimum Gasteiger partial charge on any atom is -0.378 e. The van der Waals surface area contributed by atoms with E-state index < -0.39 is 0 Å². The highest BCUT2D eigenvalue weighted by molar-refractivity contribution is 6.12. The molecule has 0 aromatic heterocycles. The number of anilines is 1. The van der Waals surface area contributed by atoms with Gasteiger partial charge in [-0.05, 0) is 90.9 Å². The van der Waals surface area contributed by atoms with E-state index in [0.717, 1.165) is 50.2 Å². The number of carbonyl (C=O) groups excluding carboxylic acids is 1. The van der Waals surface area contributed by atoms with Crippen molar-refractivity contribution in [2.45, 2.75) is 27.7 Å². The van der Waals surface area contributed by atoms with E-state index in [1.54, 1.807) is 0 Å². The van der Waals surface area contributed by atoms with Crippen molar-refractivity contribution >= 4 is 23.1 Å². The fraction of sp³-hybridized carbons (Fsp3) is 0.207. The van der Waals surface area contributed by atoms with Crippen LogP contribution in [-0.2, 0) is 0 Å². The summed E-state index contributed by atoms with van der Waals surface area (Å²) >= 11 is 0. The van der Waals surface area contributed by atoms with Crippen molar-refractivity contribution in [3.8, 4) is 0 Å². The summed E-state index contributed by atoms with van der Waals surface area (Å²) in [5.41, 5.74) is 10.7. The predicted molar refractivity (Wildman–Crippen MR) is 134 cm³/mol. The molecule has 0 radical (unpaired) electrons. The average Bonchev–Trinajstić information content (AvgIpc) is 2.76. The molecule has 0 fully saturated rings. The fourth-order valence-corrected chi connectivity index (χ4v) is 4.12. The van der Waals surface area contributed by atoms with E-state index in [1.165, 1.54) is 5.56 Å². The number of hydrogen-bond acceptors (Lipinski definition) is 2. The molecular formula is C29H31NO. The third-order valence-electron chi connectivity index (χ3n) is 6.14. The SMILES string of the molecule is C=Cc1c(C)c(C)c(C(=O)c2ccc(N(C)C)cc2)c(C)c1C(=C)c1ccc(C)cc1. The van der Waals surface area contributed by atoms with Gasteiger partial charge in [0.25, 0.3) is 0 Å². The Bertz CT molecular complexity index is 1160. The summed E-state index contributed by atoms with van der Waals surface area (Å²) in [6, 6.07) is 16.1. The van der Waals surface area contributed by atoms with Crippen LogP contribution in [0.3, 0.4) is 0 Å². The maximum Gasteiger partial charge on any atom is 0.193 e. The van der Waals surface area contributed by atoms with Crippen LogP contribution in [-0.4, -0.2) is 19.9 Å². The van der Waals surface area contributed by atoms with Crippen molar-refractivity contribution in [3.05, 3.63) is 112 Å². The summed E-state index contributed by atoms with van der Waals surface area (Å²) in [7, 11) is 3.98. The number of hydrogen-bond donors (Lipinski definition) is 0. The number of benzene rings is 3. The zero-order valence-corrected chi connectivity index (χ0v) is 19.5. The smallest absolute Gasteiger partial charge is 0.193 e. The summed E-state index contributed by atoms with van der Waals surface area (Å²) < 4.78 is 0. The van der Waals surface area contributed by atoms with Crippen LogP contribution in [0.25, 0.3) is 11.6 Å². The van der Waals surface area contributed by atoms with Crippen molar-refractivity contribution in [2.24, 2.45) is 0 Å². The Morgan fingerprint density at radius 2 is 1.32 bits per heavy atom. The Kier molecular flexibility index (Phi) is 6.31. The third kappa shape index (κ3) is 4.11. The average molecular weight is 410 g/mol. The fourth-order valence-electron chi connectivity index (χ4n) is 4.12. The molecule has 0 aliphatic heterocycles. The second-order valence-electron chi connectivity index (χ2n) is 8.36. The van der Waals surface area contributed by atoms with E-state index in [9.17, 15) is 4.79 Å². The molecule has 0 spiro atoms. The van der Waals surface area contributed by atoms with Gasteiger partial charge in [-0.15, -0.1) is 0 Å². The van der Waals surface area contributed by atoms with Crippen LogP contribution in [0.15, 0.2) is 61.7 Å². The minimum absolute atomic E-state index is 0.0389. The summed E-state index contributed by atoms with van der Waals surface area (Å²) in [4.78, 5) is 15.6. The highest BCUT2D eigenvalue weighted by Gasteiger charge is 2.23. The molecule has 2 nitrogen and oxygen atoms in total. The van der Waals surface area contributed by atoms with Crippen LogP contribution >= 0.6 is 0 Å². The Morgan fingerprint density at radius 3 is 1.84 bits per heavy atom. The Morgan fingerprint density at radius 1 is 0.774 bits per heavy atom. The van der Waals surface area contributed by atoms with Gasteiger partial charge in [0.15, 0.2) is 5.78 Å². The van der Waals surface area contributed by atoms with Gasteiger partial charge < -0.3 is 4.90 Å². The van der Waals surface area contributed by atoms with Crippen LogP contribution in [0.5, 0.6) is 0 Å². The predicted octanol–water partition coefficient (Wildman–Crippen LogP) is 6.92. The van der Waals surface area contributed by atoms with E-state index in [2.05, 4.69) is 51.3 Å². The minimum atomic E-state index is 0.0389. The van der Waals surface area contributed by atoms with Gasteiger partial charge in [0.05, 0.1) is 0 Å². The second-order valence-corrected chi connectivity index (χ2v) is 8.36. The van der Waals surface area contributed by atoms with Crippen molar-refractivity contribution < 1.29 is 4.79 Å². The summed E-state index contributed by atoms with van der Waals surface area (Å²) in [5, 5.41) is 0. The van der Waals surface area contributed by atoms with Crippen LogP contribution in [0.1, 0.15) is 54.9 Å². The molecule has 0 bridgehead atoms. The Hall–Kier alpha value is -3.39. The van der Waals surface area contributed by atoms with E-state index in [0.29, 0.717) is 5.56 Å². The summed E-state index contributed by atoms with van der Waals surface area (Å²) in [6.07, 6.45) is 1.88. The first-order valence-electron chi connectivity index (χ1n) is 10.5. The van der Waals surface area contributed by atoms with Crippen molar-refractivity contribution in [1.29, 1.82) is 0 Å². The molecule has 0 saturated carbocycles. The lowest BCUT2D eigenvalue weighted by molar-refractivity contribution is 0.103. The van der Waals surface area contributed by atoms with E-state index in [-0.39, 0.29) is 5.78 Å². The Labute approximate surface area is 186 Å². The number of carbonyl (C=O) groups is 1. The lowest BCUT2D eigenvalue weighted by Gasteiger charge is -2.22. The van der Waals surface area contributed by atoms with Crippen molar-refractivity contribution in [2.75, 3.05) is 19.0 Å². The molecule has 3 aromatic carbocycles. The number of ketones is 1. The van der Waals surface area contributed by atoms with Gasteiger partial charge in [-0.25, -0.2) is 0 Å². The van der Waals surface area contributed by atoms with Crippen molar-refractivity contribution in [3.63, 3.8) is 0 Å². The zero-order chi connectivity index (χ0) is 22.9. The molecule has 158 valence electrons. The van der Waals surface area contributed by atoms with Crippen LogP contribution in [0.4, 0.5) is 5.69 Å². The molecule has 0 heterocycles. The van der Waals surface area contributed by atoms with Gasteiger partial charge in [0, 0.05) is 30.9 Å². The molecule has 0 unspecified atom stereocenters. The van der Waals surface area contributed by atoms with E-state index in [1.807, 2.05) is 63.2 Å². The van der Waals surface area contributed by atoms with E-state index >= 15 is 0 Å².